The number of fused-ring (bicyclic) bond motifs is 9. The highest BCUT2D eigenvalue weighted by atomic mass is 16.3. The first kappa shape index (κ1) is 33.2. The normalized spacial score (nSPS) is 11.7. The maximum absolute atomic E-state index is 6.28. The third-order valence-electron chi connectivity index (χ3n) is 11.6. The van der Waals surface area contributed by atoms with Gasteiger partial charge in [-0.3, -0.25) is 4.98 Å². The topological polar surface area (TPSA) is 64.7 Å². The summed E-state index contributed by atoms with van der Waals surface area (Å²) >= 11 is 0. The second-order valence-corrected chi connectivity index (χ2v) is 14.9. The predicted molar refractivity (Wildman–Crippen MR) is 242 cm³/mol. The van der Waals surface area contributed by atoms with Gasteiger partial charge >= 0.3 is 0 Å². The maximum Gasteiger partial charge on any atom is 0.164 e. The van der Waals surface area contributed by atoms with Crippen LogP contribution in [0.1, 0.15) is 0 Å². The van der Waals surface area contributed by atoms with Crippen molar-refractivity contribution < 1.29 is 4.42 Å². The van der Waals surface area contributed by atoms with Gasteiger partial charge in [-0.25, -0.2) is 15.0 Å². The quantitative estimate of drug-likeness (QED) is 0.164. The first-order valence-corrected chi connectivity index (χ1v) is 19.8. The van der Waals surface area contributed by atoms with Crippen LogP contribution in [0.2, 0.25) is 0 Å². The Morgan fingerprint density at radius 3 is 1.66 bits per heavy atom. The zero-order chi connectivity index (χ0) is 38.9. The maximum atomic E-state index is 6.28. The van der Waals surface area contributed by atoms with E-state index in [2.05, 4.69) is 140 Å². The molecule has 3 heterocycles. The van der Waals surface area contributed by atoms with Crippen LogP contribution >= 0.6 is 0 Å². The number of nitrogens with zero attached hydrogens (tertiary/aromatic N) is 4. The molecule has 0 spiro atoms. The van der Waals surface area contributed by atoms with Crippen molar-refractivity contribution >= 4 is 65.2 Å². The van der Waals surface area contributed by atoms with Gasteiger partial charge in [0.1, 0.15) is 11.2 Å². The van der Waals surface area contributed by atoms with Crippen LogP contribution in [0.4, 0.5) is 0 Å². The van der Waals surface area contributed by atoms with Crippen molar-refractivity contribution in [3.63, 3.8) is 0 Å². The van der Waals surface area contributed by atoms with Crippen LogP contribution in [0.3, 0.4) is 0 Å². The van der Waals surface area contributed by atoms with Crippen molar-refractivity contribution in [1.82, 2.24) is 19.9 Å². The predicted octanol–water partition coefficient (Wildman–Crippen LogP) is 14.1. The summed E-state index contributed by atoms with van der Waals surface area (Å²) in [6.45, 7) is 0. The minimum absolute atomic E-state index is 0.607. The molecule has 0 unspecified atom stereocenters. The molecule has 0 aliphatic heterocycles. The van der Waals surface area contributed by atoms with Crippen LogP contribution in [0, 0.1) is 0 Å². The highest BCUT2D eigenvalue weighted by molar-refractivity contribution is 6.22. The Morgan fingerprint density at radius 1 is 0.322 bits per heavy atom. The van der Waals surface area contributed by atoms with Gasteiger partial charge in [0.05, 0.1) is 5.52 Å². The summed E-state index contributed by atoms with van der Waals surface area (Å²) in [6, 6.07) is 65.4. The van der Waals surface area contributed by atoms with E-state index in [4.69, 9.17) is 24.4 Å². The van der Waals surface area contributed by atoms with E-state index >= 15 is 0 Å². The van der Waals surface area contributed by atoms with Gasteiger partial charge in [-0.2, -0.15) is 0 Å². The lowest BCUT2D eigenvalue weighted by Gasteiger charge is -2.14. The monoisotopic (exact) mass is 752 g/mol. The van der Waals surface area contributed by atoms with E-state index in [-0.39, 0.29) is 0 Å². The Kier molecular flexibility index (Phi) is 7.47. The molecule has 9 aromatic carbocycles. The molecule has 274 valence electrons. The second-order valence-electron chi connectivity index (χ2n) is 14.9. The number of benzene rings is 9. The van der Waals surface area contributed by atoms with E-state index in [9.17, 15) is 0 Å². The van der Waals surface area contributed by atoms with E-state index in [0.717, 1.165) is 82.6 Å². The zero-order valence-corrected chi connectivity index (χ0v) is 31.7. The smallest absolute Gasteiger partial charge is 0.164 e. The standard InChI is InChI=1S/C54H32N4O/c1-2-13-34(14-3-1)52-56-53(35-27-25-33(26-28-35)46-31-36-15-4-6-17-38(36)50-39-18-7-5-16-37(39)32-55-51(46)50)58-54(57-52)44-30-29-42(40-19-8-9-20-41(40)44)43-22-12-24-48-49(43)45-21-10-11-23-47(45)59-48/h1-32H. The number of hydrogen-bond acceptors (Lipinski definition) is 5. The minimum atomic E-state index is 0.607. The fourth-order valence-corrected chi connectivity index (χ4v) is 8.80. The highest BCUT2D eigenvalue weighted by Crippen LogP contribution is 2.42. The Balaban J connectivity index is 1.01. The van der Waals surface area contributed by atoms with Gasteiger partial charge in [0.25, 0.3) is 0 Å². The van der Waals surface area contributed by atoms with Gasteiger partial charge < -0.3 is 4.42 Å². The van der Waals surface area contributed by atoms with Crippen molar-refractivity contribution in [3.05, 3.63) is 194 Å². The summed E-state index contributed by atoms with van der Waals surface area (Å²) in [7, 11) is 0. The molecule has 0 aliphatic rings. The first-order valence-electron chi connectivity index (χ1n) is 19.8. The summed E-state index contributed by atoms with van der Waals surface area (Å²) in [5.74, 6) is 1.84. The molecular weight excluding hydrogens is 721 g/mol. The van der Waals surface area contributed by atoms with Crippen LogP contribution in [0.5, 0.6) is 0 Å². The summed E-state index contributed by atoms with van der Waals surface area (Å²) in [5, 5.41) is 10.3. The molecule has 3 aromatic heterocycles. The lowest BCUT2D eigenvalue weighted by Crippen LogP contribution is -2.01. The minimum Gasteiger partial charge on any atom is -0.456 e. The van der Waals surface area contributed by atoms with Gasteiger partial charge in [-0.05, 0) is 67.9 Å². The fraction of sp³-hybridized carbons (Fsp3) is 0. The number of hydrogen-bond donors (Lipinski definition) is 0. The molecule has 0 saturated heterocycles. The molecule has 0 bridgehead atoms. The number of aromatic nitrogens is 4. The van der Waals surface area contributed by atoms with Crippen LogP contribution in [0.25, 0.3) is 122 Å². The summed E-state index contributed by atoms with van der Waals surface area (Å²) in [4.78, 5) is 20.5. The van der Waals surface area contributed by atoms with Crippen molar-refractivity contribution in [3.8, 4) is 56.4 Å². The number of pyridine rings is 1. The molecule has 0 fully saturated rings. The van der Waals surface area contributed by atoms with E-state index in [1.807, 2.05) is 54.7 Å². The molecule has 12 rings (SSSR count). The molecule has 0 radical (unpaired) electrons. The third-order valence-corrected chi connectivity index (χ3v) is 11.6. The molecule has 0 atom stereocenters. The zero-order valence-electron chi connectivity index (χ0n) is 31.7. The molecule has 5 nitrogen and oxygen atoms in total. The molecule has 0 saturated carbocycles. The Morgan fingerprint density at radius 2 is 0.881 bits per heavy atom. The Bertz CT molecular complexity index is 3600. The van der Waals surface area contributed by atoms with Crippen molar-refractivity contribution in [2.45, 2.75) is 0 Å². The van der Waals surface area contributed by atoms with Crippen LogP contribution in [0.15, 0.2) is 199 Å². The average molecular weight is 753 g/mol. The highest BCUT2D eigenvalue weighted by Gasteiger charge is 2.19. The summed E-state index contributed by atoms with van der Waals surface area (Å²) < 4.78 is 6.28. The Labute approximate surface area is 338 Å². The first-order chi connectivity index (χ1) is 29.2. The number of para-hydroxylation sites is 1. The SMILES string of the molecule is c1ccc(-c2nc(-c3ccc(-c4cc5ccccc5c5c4ncc4ccccc45)cc3)nc(-c3ccc(-c4cccc5oc6ccccc6c45)c4ccccc34)n2)cc1. The van der Waals surface area contributed by atoms with Crippen LogP contribution in [-0.2, 0) is 0 Å². The van der Waals surface area contributed by atoms with Gasteiger partial charge in [-0.15, -0.1) is 0 Å². The molecule has 0 aliphatic carbocycles. The fourth-order valence-electron chi connectivity index (χ4n) is 8.80. The Hall–Kier alpha value is -8.02. The number of rotatable bonds is 5. The van der Waals surface area contributed by atoms with Crippen molar-refractivity contribution in [2.75, 3.05) is 0 Å². The molecule has 12 aromatic rings. The van der Waals surface area contributed by atoms with Gasteiger partial charge in [-0.1, -0.05) is 164 Å². The van der Waals surface area contributed by atoms with Crippen molar-refractivity contribution in [1.29, 1.82) is 0 Å². The van der Waals surface area contributed by atoms with E-state index in [1.165, 1.54) is 21.5 Å². The molecule has 5 heteroatoms. The van der Waals surface area contributed by atoms with E-state index in [0.29, 0.717) is 17.5 Å². The number of furan rings is 1. The summed E-state index contributed by atoms with van der Waals surface area (Å²) in [5.41, 5.74) is 9.91. The molecular formula is C54H32N4O. The van der Waals surface area contributed by atoms with E-state index in [1.54, 1.807) is 0 Å². The third kappa shape index (κ3) is 5.40. The van der Waals surface area contributed by atoms with Gasteiger partial charge in [0.2, 0.25) is 0 Å². The van der Waals surface area contributed by atoms with Crippen LogP contribution in [-0.4, -0.2) is 19.9 Å². The average Bonchev–Trinajstić information content (AvgIpc) is 3.70. The van der Waals surface area contributed by atoms with Gasteiger partial charge in [0, 0.05) is 50.0 Å². The van der Waals surface area contributed by atoms with E-state index < -0.39 is 0 Å². The summed E-state index contributed by atoms with van der Waals surface area (Å²) in [6.07, 6.45) is 1.98. The molecule has 59 heavy (non-hydrogen) atoms. The van der Waals surface area contributed by atoms with Crippen LogP contribution < -0.4 is 0 Å². The van der Waals surface area contributed by atoms with Gasteiger partial charge in [0.15, 0.2) is 17.5 Å². The second kappa shape index (κ2) is 13.3. The lowest BCUT2D eigenvalue weighted by molar-refractivity contribution is 0.669. The lowest BCUT2D eigenvalue weighted by atomic mass is 9.92. The largest absolute Gasteiger partial charge is 0.456 e. The van der Waals surface area contributed by atoms with Crippen molar-refractivity contribution in [2.24, 2.45) is 0 Å². The molecule has 0 N–H and O–H groups in total. The molecule has 0 amide bonds.